The summed E-state index contributed by atoms with van der Waals surface area (Å²) in [6, 6.07) is 8.45. The predicted octanol–water partition coefficient (Wildman–Crippen LogP) is 7.33. The molecule has 27 heavy (non-hydrogen) atoms. The first-order valence-electron chi connectivity index (χ1n) is 10.7. The minimum Gasteiger partial charge on any atom is -0.413 e. The first-order valence-corrected chi connectivity index (χ1v) is 13.7. The van der Waals surface area contributed by atoms with Gasteiger partial charge in [0.2, 0.25) is 0 Å². The topological polar surface area (TPSA) is 29.5 Å². The third-order valence-electron chi connectivity index (χ3n) is 5.72. The Hall–Kier alpha value is -0.903. The van der Waals surface area contributed by atoms with Crippen LogP contribution in [-0.4, -0.2) is 19.5 Å². The molecule has 1 N–H and O–H groups in total. The molecule has 0 radical (unpaired) electrons. The van der Waals surface area contributed by atoms with E-state index in [1.165, 1.54) is 37.7 Å². The highest BCUT2D eigenvalue weighted by Gasteiger charge is 2.36. The van der Waals surface area contributed by atoms with Crippen LogP contribution in [0, 0.1) is 0 Å². The van der Waals surface area contributed by atoms with Gasteiger partial charge in [-0.25, -0.2) is 0 Å². The summed E-state index contributed by atoms with van der Waals surface area (Å²) in [7, 11) is -1.73. The van der Waals surface area contributed by atoms with Crippen LogP contribution < -0.4 is 0 Å². The van der Waals surface area contributed by atoms with Crippen molar-refractivity contribution in [2.45, 2.75) is 103 Å². The lowest BCUT2D eigenvalue weighted by Gasteiger charge is -2.36. The molecule has 0 saturated carbocycles. The molecule has 1 aromatic carbocycles. The Morgan fingerprint density at radius 2 is 1.74 bits per heavy atom. The van der Waals surface area contributed by atoms with Gasteiger partial charge in [0.25, 0.3) is 0 Å². The van der Waals surface area contributed by atoms with Crippen molar-refractivity contribution in [2.24, 2.45) is 0 Å². The van der Waals surface area contributed by atoms with Gasteiger partial charge in [-0.15, -0.1) is 0 Å². The Morgan fingerprint density at radius 3 is 2.41 bits per heavy atom. The highest BCUT2D eigenvalue weighted by Crippen LogP contribution is 2.37. The number of rotatable bonds is 12. The summed E-state index contributed by atoms with van der Waals surface area (Å²) in [6.07, 6.45) is 12.0. The zero-order chi connectivity index (χ0) is 20.3. The molecule has 0 amide bonds. The van der Waals surface area contributed by atoms with E-state index in [4.69, 9.17) is 4.43 Å². The SMILES string of the molecule is CCCCCCCCC(O)C=Cc1cccc(CO[Si](C)(C)C(C)(C)C)c1. The number of hydrogen-bond acceptors (Lipinski definition) is 2. The molecule has 0 aliphatic rings. The lowest BCUT2D eigenvalue weighted by Crippen LogP contribution is -2.40. The monoisotopic (exact) mass is 390 g/mol. The zero-order valence-electron chi connectivity index (χ0n) is 18.6. The standard InChI is InChI=1S/C24H42O2Si/c1-7-8-9-10-11-12-16-23(25)18-17-21-14-13-15-22(19-21)20-26-27(5,6)24(2,3)4/h13-15,17-19,23,25H,7-12,16,20H2,1-6H3. The van der Waals surface area contributed by atoms with Crippen LogP contribution in [-0.2, 0) is 11.0 Å². The van der Waals surface area contributed by atoms with Crippen LogP contribution >= 0.6 is 0 Å². The minimum absolute atomic E-state index is 0.227. The maximum absolute atomic E-state index is 10.2. The van der Waals surface area contributed by atoms with Crippen LogP contribution in [0.15, 0.2) is 30.3 Å². The van der Waals surface area contributed by atoms with Crippen LogP contribution in [0.1, 0.15) is 83.8 Å². The smallest absolute Gasteiger partial charge is 0.192 e. The van der Waals surface area contributed by atoms with E-state index >= 15 is 0 Å². The number of hydrogen-bond donors (Lipinski definition) is 1. The summed E-state index contributed by atoms with van der Waals surface area (Å²) in [6.45, 7) is 14.3. The Labute approximate surface area is 169 Å². The van der Waals surface area contributed by atoms with Crippen molar-refractivity contribution >= 4 is 14.4 Å². The van der Waals surface area contributed by atoms with Gasteiger partial charge in [0.05, 0.1) is 12.7 Å². The third kappa shape index (κ3) is 9.73. The second-order valence-corrected chi connectivity index (χ2v) is 14.1. The van der Waals surface area contributed by atoms with Gasteiger partial charge in [-0.2, -0.15) is 0 Å². The molecular weight excluding hydrogens is 348 g/mol. The molecule has 0 heterocycles. The van der Waals surface area contributed by atoms with E-state index in [0.717, 1.165) is 18.4 Å². The molecule has 1 atom stereocenters. The summed E-state index contributed by atoms with van der Waals surface area (Å²) >= 11 is 0. The van der Waals surface area contributed by atoms with Crippen LogP contribution in [0.4, 0.5) is 0 Å². The molecule has 0 spiro atoms. The molecule has 0 aromatic heterocycles. The van der Waals surface area contributed by atoms with Gasteiger partial charge in [0.1, 0.15) is 0 Å². The van der Waals surface area contributed by atoms with Crippen molar-refractivity contribution in [1.82, 2.24) is 0 Å². The second kappa shape index (κ2) is 11.8. The average molecular weight is 391 g/mol. The van der Waals surface area contributed by atoms with Crippen molar-refractivity contribution in [1.29, 1.82) is 0 Å². The predicted molar refractivity (Wildman–Crippen MR) is 121 cm³/mol. The molecule has 3 heteroatoms. The molecule has 1 rings (SSSR count). The number of aliphatic hydroxyl groups excluding tert-OH is 1. The van der Waals surface area contributed by atoms with Gasteiger partial charge in [0.15, 0.2) is 8.32 Å². The Bertz CT molecular complexity index is 558. The maximum atomic E-state index is 10.2. The Kier molecular flexibility index (Phi) is 10.6. The maximum Gasteiger partial charge on any atom is 0.192 e. The van der Waals surface area contributed by atoms with Crippen LogP contribution in [0.25, 0.3) is 6.08 Å². The van der Waals surface area contributed by atoms with E-state index in [0.29, 0.717) is 6.61 Å². The van der Waals surface area contributed by atoms with Gasteiger partial charge >= 0.3 is 0 Å². The summed E-state index contributed by atoms with van der Waals surface area (Å²) in [5.74, 6) is 0. The lowest BCUT2D eigenvalue weighted by atomic mass is 10.1. The van der Waals surface area contributed by atoms with Crippen LogP contribution in [0.5, 0.6) is 0 Å². The molecule has 0 saturated heterocycles. The molecule has 1 aromatic rings. The summed E-state index contributed by atoms with van der Waals surface area (Å²) in [5, 5.41) is 10.4. The van der Waals surface area contributed by atoms with Gasteiger partial charge in [0, 0.05) is 0 Å². The summed E-state index contributed by atoms with van der Waals surface area (Å²) in [4.78, 5) is 0. The van der Waals surface area contributed by atoms with Crippen molar-refractivity contribution in [3.8, 4) is 0 Å². The fourth-order valence-corrected chi connectivity index (χ4v) is 3.68. The van der Waals surface area contributed by atoms with Gasteiger partial charge in [-0.05, 0) is 41.7 Å². The quantitative estimate of drug-likeness (QED) is 0.299. The third-order valence-corrected chi connectivity index (χ3v) is 10.2. The van der Waals surface area contributed by atoms with Gasteiger partial charge in [-0.1, -0.05) is 96.6 Å². The first kappa shape index (κ1) is 24.1. The Morgan fingerprint density at radius 1 is 1.07 bits per heavy atom. The van der Waals surface area contributed by atoms with Crippen LogP contribution in [0.2, 0.25) is 18.1 Å². The number of unbranched alkanes of at least 4 members (excludes halogenated alkanes) is 5. The highest BCUT2D eigenvalue weighted by molar-refractivity contribution is 6.74. The molecule has 2 nitrogen and oxygen atoms in total. The summed E-state index contributed by atoms with van der Waals surface area (Å²) < 4.78 is 6.32. The van der Waals surface area contributed by atoms with Crippen molar-refractivity contribution in [2.75, 3.05) is 0 Å². The molecule has 0 bridgehead atoms. The number of aliphatic hydroxyl groups is 1. The highest BCUT2D eigenvalue weighted by atomic mass is 28.4. The molecule has 1 unspecified atom stereocenters. The van der Waals surface area contributed by atoms with E-state index in [1.54, 1.807) is 0 Å². The molecule has 154 valence electrons. The normalized spacial score (nSPS) is 14.0. The van der Waals surface area contributed by atoms with E-state index in [1.807, 2.05) is 12.2 Å². The fraction of sp³-hybridized carbons (Fsp3) is 0.667. The minimum atomic E-state index is -1.73. The lowest BCUT2D eigenvalue weighted by molar-refractivity contribution is 0.209. The van der Waals surface area contributed by atoms with E-state index in [-0.39, 0.29) is 11.1 Å². The van der Waals surface area contributed by atoms with E-state index < -0.39 is 8.32 Å². The fourth-order valence-electron chi connectivity index (χ4n) is 2.72. The Balaban J connectivity index is 2.45. The van der Waals surface area contributed by atoms with Crippen molar-refractivity contribution in [3.05, 3.63) is 41.5 Å². The first-order chi connectivity index (χ1) is 12.7. The van der Waals surface area contributed by atoms with Gasteiger partial charge in [-0.3, -0.25) is 0 Å². The number of benzene rings is 1. The van der Waals surface area contributed by atoms with Crippen molar-refractivity contribution < 1.29 is 9.53 Å². The van der Waals surface area contributed by atoms with E-state index in [9.17, 15) is 5.11 Å². The van der Waals surface area contributed by atoms with Crippen molar-refractivity contribution in [3.63, 3.8) is 0 Å². The second-order valence-electron chi connectivity index (χ2n) is 9.28. The average Bonchev–Trinajstić information content (AvgIpc) is 2.60. The molecule has 0 aliphatic heterocycles. The van der Waals surface area contributed by atoms with Crippen LogP contribution in [0.3, 0.4) is 0 Å². The zero-order valence-corrected chi connectivity index (χ0v) is 19.6. The van der Waals surface area contributed by atoms with Gasteiger partial charge < -0.3 is 9.53 Å². The van der Waals surface area contributed by atoms with E-state index in [2.05, 4.69) is 65.1 Å². The molecular formula is C24H42O2Si. The summed E-state index contributed by atoms with van der Waals surface area (Å²) in [5.41, 5.74) is 2.33. The molecule has 0 aliphatic carbocycles. The largest absolute Gasteiger partial charge is 0.413 e. The molecule has 0 fully saturated rings.